The lowest BCUT2D eigenvalue weighted by atomic mass is 9.88. The van der Waals surface area contributed by atoms with Crippen LogP contribution in [0.25, 0.3) is 0 Å². The molecule has 0 unspecified atom stereocenters. The van der Waals surface area contributed by atoms with Crippen molar-refractivity contribution in [1.29, 1.82) is 0 Å². The van der Waals surface area contributed by atoms with Crippen LogP contribution in [0.1, 0.15) is 59.8 Å². The Morgan fingerprint density at radius 3 is 1.81 bits per heavy atom. The maximum Gasteiger partial charge on any atom is 0.302 e. The number of hydrogen-bond acceptors (Lipinski definition) is 9. The molecule has 1 aliphatic heterocycles. The van der Waals surface area contributed by atoms with Crippen LogP contribution in [0.15, 0.2) is 127 Å². The van der Waals surface area contributed by atoms with Crippen molar-refractivity contribution in [1.82, 2.24) is 0 Å². The van der Waals surface area contributed by atoms with Crippen molar-refractivity contribution in [3.63, 3.8) is 0 Å². The third kappa shape index (κ3) is 11.7. The first-order valence-corrected chi connectivity index (χ1v) is 20.8. The Morgan fingerprint density at radius 1 is 0.695 bits per heavy atom. The molecule has 9 nitrogen and oxygen atoms in total. The third-order valence-corrected chi connectivity index (χ3v) is 11.2. The van der Waals surface area contributed by atoms with E-state index in [1.807, 2.05) is 134 Å². The molecule has 0 spiro atoms. The number of esters is 1. The van der Waals surface area contributed by atoms with Crippen LogP contribution in [0.2, 0.25) is 5.02 Å². The average molecular weight is 821 g/mol. The Morgan fingerprint density at radius 2 is 1.27 bits per heavy atom. The molecule has 59 heavy (non-hydrogen) atoms. The second-order valence-electron chi connectivity index (χ2n) is 15.2. The number of aliphatic hydroxyl groups is 1. The second kappa shape index (κ2) is 21.0. The van der Waals surface area contributed by atoms with Gasteiger partial charge in [-0.1, -0.05) is 115 Å². The number of carbonyl (C=O) groups excluding carboxylic acids is 1. The summed E-state index contributed by atoms with van der Waals surface area (Å²) in [7, 11) is 0. The van der Waals surface area contributed by atoms with E-state index in [0.717, 1.165) is 45.6 Å². The molecule has 1 saturated carbocycles. The summed E-state index contributed by atoms with van der Waals surface area (Å²) in [4.78, 5) is 12.4. The van der Waals surface area contributed by atoms with Crippen molar-refractivity contribution >= 4 is 17.6 Å². The van der Waals surface area contributed by atoms with Gasteiger partial charge in [0.1, 0.15) is 48.6 Å². The van der Waals surface area contributed by atoms with Crippen molar-refractivity contribution < 1.29 is 43.1 Å². The number of hydrogen-bond donors (Lipinski definition) is 1. The molecule has 1 N–H and O–H groups in total. The Hall–Kier alpha value is -4.74. The summed E-state index contributed by atoms with van der Waals surface area (Å²) in [6.07, 6.45) is -2.28. The SMILES string of the molecule is CCOc1ccc(Cc2cc([C@@H]3O[C@H](COC(C)=O)[C@@H](OCc4ccccc4)[C@H](OCc4ccccc4)[C@H]3OCc3ccccc3)c(OC[C@H]3C[C@H]3CO)cc2Cl)cc1. The summed E-state index contributed by atoms with van der Waals surface area (Å²) in [6.45, 7) is 5.16. The zero-order valence-electron chi connectivity index (χ0n) is 33.6. The first-order valence-electron chi connectivity index (χ1n) is 20.4. The van der Waals surface area contributed by atoms with Gasteiger partial charge in [-0.2, -0.15) is 0 Å². The summed E-state index contributed by atoms with van der Waals surface area (Å²) in [5, 5.41) is 10.4. The monoisotopic (exact) mass is 820 g/mol. The van der Waals surface area contributed by atoms with Crippen LogP contribution in [0.5, 0.6) is 11.5 Å². The lowest BCUT2D eigenvalue weighted by Gasteiger charge is -2.46. The highest BCUT2D eigenvalue weighted by atomic mass is 35.5. The molecule has 2 fully saturated rings. The van der Waals surface area contributed by atoms with E-state index >= 15 is 0 Å². The van der Waals surface area contributed by atoms with E-state index in [2.05, 4.69) is 0 Å². The predicted molar refractivity (Wildman–Crippen MR) is 225 cm³/mol. The maximum atomic E-state index is 12.4. The first-order chi connectivity index (χ1) is 28.9. The van der Waals surface area contributed by atoms with Crippen LogP contribution in [-0.2, 0) is 54.7 Å². The topological polar surface area (TPSA) is 102 Å². The summed E-state index contributed by atoms with van der Waals surface area (Å²) < 4.78 is 45.8. The standard InChI is InChI=1S/C49H53ClO9/c1-3-53-41-21-19-34(20-22-41)23-38-25-42(44(26-43(38)50)55-31-40-24-39(40)27-51)46-48(57-29-36-15-9-5-10-16-36)49(58-30-37-17-11-6-12-18-37)47(45(59-46)32-54-33(2)52)56-28-35-13-7-4-8-14-35/h4-22,25-26,39-40,45-49,51H,3,23-24,27-32H2,1-2H3/t39-,40+,45+,46-,47+,48-,49-/m0/s1. The molecule has 5 aromatic carbocycles. The number of carbonyl (C=O) groups is 1. The fourth-order valence-corrected chi connectivity index (χ4v) is 7.72. The lowest BCUT2D eigenvalue weighted by Crippen LogP contribution is -2.58. The van der Waals surface area contributed by atoms with Crippen molar-refractivity contribution in [3.05, 3.63) is 166 Å². The minimum absolute atomic E-state index is 0.0784. The largest absolute Gasteiger partial charge is 0.494 e. The summed E-state index contributed by atoms with van der Waals surface area (Å²) in [6, 6.07) is 41.7. The fraction of sp³-hybridized carbons (Fsp3) is 0.367. The first kappa shape index (κ1) is 42.4. The van der Waals surface area contributed by atoms with E-state index in [4.69, 9.17) is 44.8 Å². The molecule has 7 rings (SSSR count). The van der Waals surface area contributed by atoms with Gasteiger partial charge in [0.05, 0.1) is 33.0 Å². The molecular formula is C49H53ClO9. The zero-order valence-corrected chi connectivity index (χ0v) is 34.4. The van der Waals surface area contributed by atoms with Crippen LogP contribution in [-0.4, -0.2) is 61.9 Å². The Kier molecular flexibility index (Phi) is 15.1. The lowest BCUT2D eigenvalue weighted by molar-refractivity contribution is -0.273. The Bertz CT molecular complexity index is 2050. The van der Waals surface area contributed by atoms with Crippen molar-refractivity contribution in [2.24, 2.45) is 11.8 Å². The van der Waals surface area contributed by atoms with Gasteiger partial charge in [-0.3, -0.25) is 4.79 Å². The highest BCUT2D eigenvalue weighted by Gasteiger charge is 2.50. The van der Waals surface area contributed by atoms with E-state index in [9.17, 15) is 9.90 Å². The van der Waals surface area contributed by atoms with Gasteiger partial charge in [-0.25, -0.2) is 0 Å². The van der Waals surface area contributed by atoms with E-state index in [1.54, 1.807) is 0 Å². The molecule has 0 aromatic heterocycles. The highest BCUT2D eigenvalue weighted by molar-refractivity contribution is 6.31. The second-order valence-corrected chi connectivity index (χ2v) is 15.6. The van der Waals surface area contributed by atoms with E-state index in [1.165, 1.54) is 6.92 Å². The molecule has 10 heteroatoms. The molecular weight excluding hydrogens is 768 g/mol. The summed E-state index contributed by atoms with van der Waals surface area (Å²) in [5.74, 6) is 1.33. The molecule has 0 radical (unpaired) electrons. The minimum atomic E-state index is -0.782. The highest BCUT2D eigenvalue weighted by Crippen LogP contribution is 2.45. The minimum Gasteiger partial charge on any atom is -0.494 e. The molecule has 7 atom stereocenters. The predicted octanol–water partition coefficient (Wildman–Crippen LogP) is 9.10. The van der Waals surface area contributed by atoms with Crippen LogP contribution in [0.3, 0.4) is 0 Å². The average Bonchev–Trinajstić information content (AvgIpc) is 4.04. The molecule has 1 saturated heterocycles. The molecule has 1 heterocycles. The molecule has 0 bridgehead atoms. The van der Waals surface area contributed by atoms with Crippen LogP contribution in [0.4, 0.5) is 0 Å². The van der Waals surface area contributed by atoms with Gasteiger partial charge < -0.3 is 38.3 Å². The smallest absolute Gasteiger partial charge is 0.302 e. The van der Waals surface area contributed by atoms with Gasteiger partial charge in [0, 0.05) is 24.1 Å². The van der Waals surface area contributed by atoms with Crippen molar-refractivity contribution in [3.8, 4) is 11.5 Å². The molecule has 5 aromatic rings. The van der Waals surface area contributed by atoms with E-state index in [-0.39, 0.29) is 44.9 Å². The maximum absolute atomic E-state index is 12.4. The Labute approximate surface area is 352 Å². The normalized spacial score (nSPS) is 22.4. The van der Waals surface area contributed by atoms with E-state index < -0.39 is 36.5 Å². The molecule has 2 aliphatic rings. The molecule has 310 valence electrons. The Balaban J connectivity index is 1.31. The number of ether oxygens (including phenoxy) is 7. The van der Waals surface area contributed by atoms with Gasteiger partial charge in [0.2, 0.25) is 0 Å². The number of benzene rings is 5. The van der Waals surface area contributed by atoms with Gasteiger partial charge in [0.25, 0.3) is 0 Å². The molecule has 1 aliphatic carbocycles. The van der Waals surface area contributed by atoms with Gasteiger partial charge >= 0.3 is 5.97 Å². The zero-order chi connectivity index (χ0) is 41.0. The number of aliphatic hydroxyl groups excluding tert-OH is 1. The number of halogens is 1. The quantitative estimate of drug-likeness (QED) is 0.0771. The van der Waals surface area contributed by atoms with Gasteiger partial charge in [0.15, 0.2) is 0 Å². The third-order valence-electron chi connectivity index (χ3n) is 10.8. The van der Waals surface area contributed by atoms with E-state index in [0.29, 0.717) is 30.4 Å². The van der Waals surface area contributed by atoms with Crippen LogP contribution < -0.4 is 9.47 Å². The molecule has 0 amide bonds. The van der Waals surface area contributed by atoms with Gasteiger partial charge in [-0.05, 0) is 83.7 Å². The fourth-order valence-electron chi connectivity index (χ4n) is 7.50. The van der Waals surface area contributed by atoms with Gasteiger partial charge in [-0.15, -0.1) is 0 Å². The van der Waals surface area contributed by atoms with Crippen molar-refractivity contribution in [2.45, 2.75) is 77.0 Å². The van der Waals surface area contributed by atoms with Crippen LogP contribution in [0, 0.1) is 11.8 Å². The number of rotatable bonds is 20. The van der Waals surface area contributed by atoms with Crippen molar-refractivity contribution in [2.75, 3.05) is 26.4 Å². The summed E-state index contributed by atoms with van der Waals surface area (Å²) in [5.41, 5.74) is 5.56. The van der Waals surface area contributed by atoms with Crippen LogP contribution >= 0.6 is 11.6 Å². The summed E-state index contributed by atoms with van der Waals surface area (Å²) >= 11 is 7.10.